The van der Waals surface area contributed by atoms with Crippen LogP contribution in [0.25, 0.3) is 16.7 Å². The average Bonchev–Trinajstić information content (AvgIpc) is 3.00. The normalized spacial score (nSPS) is 16.2. The minimum absolute atomic E-state index is 0.266. The first kappa shape index (κ1) is 14.1. The molecule has 0 aliphatic carbocycles. The molecule has 0 spiro atoms. The SMILES string of the molecule is CN1CCN(c2ncnc3c2cnn3-c2ccc(F)cc2)CC1. The van der Waals surface area contributed by atoms with E-state index in [2.05, 4.69) is 31.9 Å². The number of likely N-dealkylation sites (N-methyl/N-ethyl adjacent to an activating group) is 1. The zero-order valence-corrected chi connectivity index (χ0v) is 12.9. The summed E-state index contributed by atoms with van der Waals surface area (Å²) in [6, 6.07) is 6.23. The number of hydrogen-bond donors (Lipinski definition) is 0. The number of rotatable bonds is 2. The molecular formula is C16H17FN6. The van der Waals surface area contributed by atoms with Crippen molar-refractivity contribution in [2.45, 2.75) is 0 Å². The molecule has 6 nitrogen and oxygen atoms in total. The fraction of sp³-hybridized carbons (Fsp3) is 0.312. The van der Waals surface area contributed by atoms with Gasteiger partial charge in [0.25, 0.3) is 0 Å². The molecule has 1 aliphatic heterocycles. The van der Waals surface area contributed by atoms with Crippen LogP contribution in [0.1, 0.15) is 0 Å². The summed E-state index contributed by atoms with van der Waals surface area (Å²) in [5, 5.41) is 5.34. The Morgan fingerprint density at radius 2 is 1.74 bits per heavy atom. The van der Waals surface area contributed by atoms with Gasteiger partial charge in [-0.3, -0.25) is 0 Å². The van der Waals surface area contributed by atoms with Crippen molar-refractivity contribution in [3.8, 4) is 5.69 Å². The molecule has 4 rings (SSSR count). The van der Waals surface area contributed by atoms with E-state index in [1.54, 1.807) is 29.3 Å². The van der Waals surface area contributed by atoms with Gasteiger partial charge in [-0.05, 0) is 31.3 Å². The molecular weight excluding hydrogens is 295 g/mol. The first-order chi connectivity index (χ1) is 11.2. The van der Waals surface area contributed by atoms with E-state index in [9.17, 15) is 4.39 Å². The van der Waals surface area contributed by atoms with Gasteiger partial charge in [-0.25, -0.2) is 19.0 Å². The lowest BCUT2D eigenvalue weighted by atomic mass is 10.3. The maximum absolute atomic E-state index is 13.1. The lowest BCUT2D eigenvalue weighted by Gasteiger charge is -2.33. The Balaban J connectivity index is 1.76. The molecule has 0 saturated carbocycles. The summed E-state index contributed by atoms with van der Waals surface area (Å²) in [6.07, 6.45) is 3.35. The number of hydrogen-bond acceptors (Lipinski definition) is 5. The topological polar surface area (TPSA) is 50.1 Å². The molecule has 1 fully saturated rings. The fourth-order valence-electron chi connectivity index (χ4n) is 2.87. The van der Waals surface area contributed by atoms with Crippen LogP contribution in [-0.2, 0) is 0 Å². The van der Waals surface area contributed by atoms with Crippen LogP contribution in [0.5, 0.6) is 0 Å². The third-order valence-corrected chi connectivity index (χ3v) is 4.22. The number of fused-ring (bicyclic) bond motifs is 1. The van der Waals surface area contributed by atoms with E-state index in [0.717, 1.165) is 48.7 Å². The van der Waals surface area contributed by atoms with Crippen LogP contribution in [0.15, 0.2) is 36.8 Å². The lowest BCUT2D eigenvalue weighted by molar-refractivity contribution is 0.312. The molecule has 7 heteroatoms. The number of anilines is 1. The van der Waals surface area contributed by atoms with Crippen molar-refractivity contribution in [1.29, 1.82) is 0 Å². The smallest absolute Gasteiger partial charge is 0.168 e. The minimum Gasteiger partial charge on any atom is -0.353 e. The van der Waals surface area contributed by atoms with Crippen LogP contribution < -0.4 is 4.90 Å². The molecule has 0 bridgehead atoms. The zero-order valence-electron chi connectivity index (χ0n) is 12.9. The second kappa shape index (κ2) is 5.58. The molecule has 118 valence electrons. The summed E-state index contributed by atoms with van der Waals surface area (Å²) < 4.78 is 14.8. The van der Waals surface area contributed by atoms with Crippen LogP contribution in [0.2, 0.25) is 0 Å². The van der Waals surface area contributed by atoms with Crippen LogP contribution >= 0.6 is 0 Å². The van der Waals surface area contributed by atoms with Crippen molar-refractivity contribution in [3.63, 3.8) is 0 Å². The monoisotopic (exact) mass is 312 g/mol. The third kappa shape index (κ3) is 2.53. The zero-order chi connectivity index (χ0) is 15.8. The van der Waals surface area contributed by atoms with Crippen LogP contribution in [0, 0.1) is 5.82 Å². The van der Waals surface area contributed by atoms with Gasteiger partial charge < -0.3 is 9.80 Å². The summed E-state index contributed by atoms with van der Waals surface area (Å²) in [5.74, 6) is 0.648. The number of piperazine rings is 1. The highest BCUT2D eigenvalue weighted by Crippen LogP contribution is 2.25. The summed E-state index contributed by atoms with van der Waals surface area (Å²) >= 11 is 0. The highest BCUT2D eigenvalue weighted by Gasteiger charge is 2.19. The number of aromatic nitrogens is 4. The van der Waals surface area contributed by atoms with Crippen LogP contribution in [0.4, 0.5) is 10.2 Å². The molecule has 0 radical (unpaired) electrons. The predicted molar refractivity (Wildman–Crippen MR) is 86.3 cm³/mol. The van der Waals surface area contributed by atoms with Gasteiger partial charge in [0, 0.05) is 26.2 Å². The van der Waals surface area contributed by atoms with Crippen LogP contribution in [-0.4, -0.2) is 57.9 Å². The predicted octanol–water partition coefficient (Wildman–Crippen LogP) is 1.71. The van der Waals surface area contributed by atoms with Crippen molar-refractivity contribution in [3.05, 3.63) is 42.6 Å². The van der Waals surface area contributed by atoms with Crippen molar-refractivity contribution in [2.24, 2.45) is 0 Å². The summed E-state index contributed by atoms with van der Waals surface area (Å²) in [4.78, 5) is 13.4. The van der Waals surface area contributed by atoms with E-state index >= 15 is 0 Å². The fourth-order valence-corrected chi connectivity index (χ4v) is 2.87. The molecule has 3 aromatic rings. The third-order valence-electron chi connectivity index (χ3n) is 4.22. The standard InChI is InChI=1S/C16H17FN6/c1-21-6-8-22(9-7-21)15-14-10-20-23(16(14)19-11-18-15)13-4-2-12(17)3-5-13/h2-5,10-11H,6-9H2,1H3. The van der Waals surface area contributed by atoms with Crippen LogP contribution in [0.3, 0.4) is 0 Å². The number of nitrogens with zero attached hydrogens (tertiary/aromatic N) is 6. The van der Waals surface area contributed by atoms with Gasteiger partial charge in [-0.2, -0.15) is 5.10 Å². The maximum atomic E-state index is 13.1. The molecule has 23 heavy (non-hydrogen) atoms. The van der Waals surface area contributed by atoms with Gasteiger partial charge in [0.1, 0.15) is 18.0 Å². The Kier molecular flexibility index (Phi) is 3.42. The Morgan fingerprint density at radius 3 is 2.48 bits per heavy atom. The van der Waals surface area contributed by atoms with Crippen molar-refractivity contribution in [2.75, 3.05) is 38.1 Å². The van der Waals surface area contributed by atoms with Gasteiger partial charge >= 0.3 is 0 Å². The molecule has 1 saturated heterocycles. The molecule has 0 N–H and O–H groups in total. The lowest BCUT2D eigenvalue weighted by Crippen LogP contribution is -2.44. The Hall–Kier alpha value is -2.54. The largest absolute Gasteiger partial charge is 0.353 e. The van der Waals surface area contributed by atoms with E-state index < -0.39 is 0 Å². The van der Waals surface area contributed by atoms with Gasteiger partial charge in [-0.15, -0.1) is 0 Å². The first-order valence-corrected chi connectivity index (χ1v) is 7.60. The second-order valence-electron chi connectivity index (χ2n) is 5.76. The molecule has 1 aromatic carbocycles. The summed E-state index contributed by atoms with van der Waals surface area (Å²) in [5.41, 5.74) is 1.52. The first-order valence-electron chi connectivity index (χ1n) is 7.60. The van der Waals surface area contributed by atoms with E-state index in [1.165, 1.54) is 12.1 Å². The average molecular weight is 312 g/mol. The minimum atomic E-state index is -0.266. The molecule has 0 unspecified atom stereocenters. The summed E-state index contributed by atoms with van der Waals surface area (Å²) in [7, 11) is 2.12. The Morgan fingerprint density at radius 1 is 1.00 bits per heavy atom. The van der Waals surface area contributed by atoms with E-state index in [0.29, 0.717) is 0 Å². The van der Waals surface area contributed by atoms with E-state index in [1.807, 2.05) is 0 Å². The maximum Gasteiger partial charge on any atom is 0.168 e. The quantitative estimate of drug-likeness (QED) is 0.721. The van der Waals surface area contributed by atoms with Gasteiger partial charge in [-0.1, -0.05) is 0 Å². The molecule has 0 atom stereocenters. The van der Waals surface area contributed by atoms with Gasteiger partial charge in [0.05, 0.1) is 17.3 Å². The molecule has 0 amide bonds. The molecule has 1 aliphatic rings. The second-order valence-corrected chi connectivity index (χ2v) is 5.76. The van der Waals surface area contributed by atoms with Crippen molar-refractivity contribution < 1.29 is 4.39 Å². The Labute approximate surface area is 133 Å². The highest BCUT2D eigenvalue weighted by molar-refractivity contribution is 5.87. The molecule has 3 heterocycles. The van der Waals surface area contributed by atoms with E-state index in [-0.39, 0.29) is 5.82 Å². The molecule has 2 aromatic heterocycles. The highest BCUT2D eigenvalue weighted by atomic mass is 19.1. The Bertz CT molecular complexity index is 820. The van der Waals surface area contributed by atoms with Crippen molar-refractivity contribution in [1.82, 2.24) is 24.6 Å². The van der Waals surface area contributed by atoms with E-state index in [4.69, 9.17) is 0 Å². The van der Waals surface area contributed by atoms with Crippen molar-refractivity contribution >= 4 is 16.9 Å². The number of halogens is 1. The van der Waals surface area contributed by atoms with Gasteiger partial charge in [0.15, 0.2) is 5.65 Å². The van der Waals surface area contributed by atoms with Gasteiger partial charge in [0.2, 0.25) is 0 Å². The summed E-state index contributed by atoms with van der Waals surface area (Å²) in [6.45, 7) is 3.89. The number of benzene rings is 1.